The first-order chi connectivity index (χ1) is 24.6. The smallest absolute Gasteiger partial charge is 0.407 e. The maximum Gasteiger partial charge on any atom is 0.407 e. The van der Waals surface area contributed by atoms with Crippen LogP contribution in [0.15, 0.2) is 48.5 Å². The minimum Gasteiger partial charge on any atom is -0.444 e. The fourth-order valence-electron chi connectivity index (χ4n) is 5.89. The molecule has 3 aliphatic carbocycles. The highest BCUT2D eigenvalue weighted by atomic mass is 127. The number of ketones is 2. The summed E-state index contributed by atoms with van der Waals surface area (Å²) in [7, 11) is 0. The van der Waals surface area contributed by atoms with Crippen LogP contribution in [0, 0.1) is 33.0 Å². The van der Waals surface area contributed by atoms with E-state index >= 15 is 0 Å². The Morgan fingerprint density at radius 1 is 0.830 bits per heavy atom. The third-order valence-corrected chi connectivity index (χ3v) is 9.19. The van der Waals surface area contributed by atoms with Gasteiger partial charge in [0.1, 0.15) is 34.4 Å². The van der Waals surface area contributed by atoms with E-state index in [0.29, 0.717) is 12.3 Å². The third kappa shape index (κ3) is 19.7. The van der Waals surface area contributed by atoms with Crippen molar-refractivity contribution >= 4 is 46.3 Å². The average molecular weight is 856 g/mol. The molecule has 2 aromatic rings. The largest absolute Gasteiger partial charge is 0.444 e. The van der Waals surface area contributed by atoms with E-state index in [1.165, 1.54) is 18.2 Å². The lowest BCUT2D eigenvalue weighted by Crippen LogP contribution is -2.51. The van der Waals surface area contributed by atoms with Crippen molar-refractivity contribution in [3.05, 3.63) is 69.3 Å². The second kappa shape index (κ2) is 21.7. The van der Waals surface area contributed by atoms with Gasteiger partial charge in [0, 0.05) is 34.0 Å². The Morgan fingerprint density at radius 2 is 1.34 bits per heavy atom. The minimum atomic E-state index is -0.463. The predicted molar refractivity (Wildman–Crippen MR) is 212 cm³/mol. The lowest BCUT2D eigenvalue weighted by molar-refractivity contribution is -0.136. The molecule has 4 N–H and O–H groups in total. The van der Waals surface area contributed by atoms with E-state index in [2.05, 4.69) is 33.2 Å². The zero-order chi connectivity index (χ0) is 39.9. The first-order valence-electron chi connectivity index (χ1n) is 18.6. The molecule has 12 heteroatoms. The van der Waals surface area contributed by atoms with E-state index < -0.39 is 11.2 Å². The number of alkyl carbamates (subject to hydrolysis) is 2. The fraction of sp³-hybridized carbons (Fsp3) is 0.610. The van der Waals surface area contributed by atoms with Crippen LogP contribution in [-0.4, -0.2) is 53.1 Å². The third-order valence-electron chi connectivity index (χ3n) is 8.52. The molecule has 0 saturated heterocycles. The highest BCUT2D eigenvalue weighted by Gasteiger charge is 2.32. The first kappa shape index (κ1) is 46.0. The number of amides is 2. The number of benzene rings is 2. The fourth-order valence-corrected chi connectivity index (χ4v) is 6.40. The summed E-state index contributed by atoms with van der Waals surface area (Å²) in [5.74, 6) is 0.203. The van der Waals surface area contributed by atoms with Crippen LogP contribution in [0.3, 0.4) is 0 Å². The van der Waals surface area contributed by atoms with Gasteiger partial charge in [-0.15, -0.1) is 0 Å². The molecular weight excluding hydrogens is 795 g/mol. The summed E-state index contributed by atoms with van der Waals surface area (Å²) in [5, 5.41) is 5.63. The second-order valence-corrected chi connectivity index (χ2v) is 17.6. The molecule has 5 rings (SSSR count). The van der Waals surface area contributed by atoms with Crippen molar-refractivity contribution in [3.8, 4) is 0 Å². The second-order valence-electron chi connectivity index (χ2n) is 16.4. The summed E-state index contributed by atoms with van der Waals surface area (Å²) < 4.78 is 36.5. The number of carbonyl (C=O) groups is 4. The van der Waals surface area contributed by atoms with Crippen molar-refractivity contribution in [2.75, 3.05) is 0 Å². The summed E-state index contributed by atoms with van der Waals surface area (Å²) >= 11 is 2.07. The number of hydrogen-bond acceptors (Lipinski definition) is 7. The molecule has 9 nitrogen and oxygen atoms in total. The van der Waals surface area contributed by atoms with Gasteiger partial charge in [0.25, 0.3) is 0 Å². The molecule has 2 amide bonds. The minimum absolute atomic E-state index is 0.0112. The molecular formula is C41H60F2IN3O6. The van der Waals surface area contributed by atoms with Crippen molar-refractivity contribution in [2.45, 2.75) is 143 Å². The molecule has 3 saturated carbocycles. The zero-order valence-electron chi connectivity index (χ0n) is 32.6. The van der Waals surface area contributed by atoms with E-state index in [0.717, 1.165) is 60.5 Å². The van der Waals surface area contributed by atoms with Crippen LogP contribution in [-0.2, 0) is 25.5 Å². The van der Waals surface area contributed by atoms with Gasteiger partial charge in [0.2, 0.25) is 0 Å². The molecule has 3 aliphatic rings. The van der Waals surface area contributed by atoms with Crippen molar-refractivity contribution in [2.24, 2.45) is 23.5 Å². The van der Waals surface area contributed by atoms with Gasteiger partial charge in [0.05, 0.1) is 5.92 Å². The molecule has 1 atom stereocenters. The number of nitrogens with one attached hydrogen (secondary N) is 2. The first-order valence-corrected chi connectivity index (χ1v) is 19.6. The van der Waals surface area contributed by atoms with E-state index in [-0.39, 0.29) is 65.3 Å². The van der Waals surface area contributed by atoms with Gasteiger partial charge in [-0.3, -0.25) is 9.59 Å². The molecule has 53 heavy (non-hydrogen) atoms. The van der Waals surface area contributed by atoms with Gasteiger partial charge < -0.3 is 25.8 Å². The zero-order valence-corrected chi connectivity index (χ0v) is 34.8. The molecule has 0 bridgehead atoms. The number of halogens is 3. The highest BCUT2D eigenvalue weighted by Crippen LogP contribution is 2.31. The molecule has 0 aromatic heterocycles. The molecule has 296 valence electrons. The Labute approximate surface area is 328 Å². The number of ether oxygens (including phenoxy) is 2. The molecule has 0 aliphatic heterocycles. The summed E-state index contributed by atoms with van der Waals surface area (Å²) in [6, 6.07) is 13.8. The normalized spacial score (nSPS) is 22.1. The van der Waals surface area contributed by atoms with Crippen LogP contribution < -0.4 is 16.4 Å². The molecule has 3 fully saturated rings. The highest BCUT2D eigenvalue weighted by molar-refractivity contribution is 14.1. The van der Waals surface area contributed by atoms with Crippen molar-refractivity contribution < 1.29 is 37.4 Å². The summed E-state index contributed by atoms with van der Waals surface area (Å²) in [6.45, 7) is 14.8. The van der Waals surface area contributed by atoms with Gasteiger partial charge in [-0.25, -0.2) is 18.4 Å². The number of Topliss-reactive ketones (excluding diaryl/α,β-unsaturated/α-hetero) is 2. The molecule has 0 radical (unpaired) electrons. The van der Waals surface area contributed by atoms with E-state index in [9.17, 15) is 28.0 Å². The molecule has 2 aromatic carbocycles. The van der Waals surface area contributed by atoms with Crippen LogP contribution in [0.4, 0.5) is 18.4 Å². The molecule has 0 spiro atoms. The Balaban J connectivity index is 0.000000258. The van der Waals surface area contributed by atoms with Crippen LogP contribution in [0.5, 0.6) is 0 Å². The van der Waals surface area contributed by atoms with Gasteiger partial charge in [-0.05, 0) is 151 Å². The van der Waals surface area contributed by atoms with Crippen LogP contribution in [0.1, 0.15) is 112 Å². The topological polar surface area (TPSA) is 137 Å². The van der Waals surface area contributed by atoms with Gasteiger partial charge in [-0.1, -0.05) is 38.5 Å². The summed E-state index contributed by atoms with van der Waals surface area (Å²) in [4.78, 5) is 45.6. The van der Waals surface area contributed by atoms with Crippen LogP contribution in [0.2, 0.25) is 0 Å². The van der Waals surface area contributed by atoms with Crippen LogP contribution >= 0.6 is 22.6 Å². The Bertz CT molecular complexity index is 1460. The lowest BCUT2D eigenvalue weighted by atomic mass is 9.77. The number of hydrogen-bond donors (Lipinski definition) is 3. The Morgan fingerprint density at radius 3 is 1.75 bits per heavy atom. The van der Waals surface area contributed by atoms with Crippen molar-refractivity contribution in [1.29, 1.82) is 0 Å². The maximum atomic E-state index is 13.1. The quantitative estimate of drug-likeness (QED) is 0.195. The van der Waals surface area contributed by atoms with Gasteiger partial charge in [0.15, 0.2) is 0 Å². The number of carbonyl (C=O) groups excluding carboxylic acids is 4. The standard InChI is InChI=1S/C16H22FNO2.C10H16O2.C9H18N2O2.C6H4FI/c1-16(2,3)20-15(19)18-14-9-12(10-14)7-11-5-4-6-13(17)8-11;1-7(2)10(12)8-5-3-4-6-9(8)11;1-9(2,3)13-8(12)11-7-4-6(10)5-7;7-5-2-1-3-6(8)4-5/h4-6,8,12,14H,7,9-10H2,1-3H3,(H,18,19);7-8H,3-6H2,1-2H3;6-7H,4-5,10H2,1-3H3,(H,11,12);1-4H. The molecule has 1 unspecified atom stereocenters. The van der Waals surface area contributed by atoms with Gasteiger partial charge >= 0.3 is 12.2 Å². The molecule has 0 heterocycles. The van der Waals surface area contributed by atoms with Crippen molar-refractivity contribution in [1.82, 2.24) is 10.6 Å². The van der Waals surface area contributed by atoms with Gasteiger partial charge in [-0.2, -0.15) is 0 Å². The van der Waals surface area contributed by atoms with E-state index in [4.69, 9.17) is 15.2 Å². The van der Waals surface area contributed by atoms with Crippen molar-refractivity contribution in [3.63, 3.8) is 0 Å². The SMILES string of the molecule is CC(C)(C)OC(=O)NC1CC(Cc2cccc(F)c2)C1.CC(C)(C)OC(=O)NC1CC(N)C1.CC(C)C(=O)C1CCCCC1=O.Fc1cccc(I)c1. The monoisotopic (exact) mass is 855 g/mol. The average Bonchev–Trinajstić information content (AvgIpc) is 2.98. The van der Waals surface area contributed by atoms with E-state index in [1.807, 2.05) is 67.5 Å². The Hall–Kier alpha value is -3.13. The summed E-state index contributed by atoms with van der Waals surface area (Å²) in [5.41, 5.74) is 5.71. The lowest BCUT2D eigenvalue weighted by Gasteiger charge is -2.36. The Kier molecular flexibility index (Phi) is 18.8. The summed E-state index contributed by atoms with van der Waals surface area (Å²) in [6.07, 6.45) is 7.15. The number of nitrogens with two attached hydrogens (primary N) is 1. The van der Waals surface area contributed by atoms with Crippen LogP contribution in [0.25, 0.3) is 0 Å². The van der Waals surface area contributed by atoms with E-state index in [1.54, 1.807) is 18.2 Å². The number of rotatable bonds is 6. The maximum absolute atomic E-state index is 13.1. The predicted octanol–water partition coefficient (Wildman–Crippen LogP) is 9.07.